The first kappa shape index (κ1) is 18.7. The Bertz CT molecular complexity index is 1060. The maximum atomic E-state index is 12.8. The van der Waals surface area contributed by atoms with E-state index in [1.807, 2.05) is 30.3 Å². The third-order valence-electron chi connectivity index (χ3n) is 4.05. The van der Waals surface area contributed by atoms with Crippen molar-refractivity contribution < 1.29 is 17.9 Å². The number of aromatic nitrogens is 2. The Balaban J connectivity index is 1.82. The molecule has 0 amide bonds. The molecule has 3 aromatic rings. The lowest BCUT2D eigenvalue weighted by Gasteiger charge is -2.11. The molecule has 0 atom stereocenters. The Morgan fingerprint density at radius 2 is 1.89 bits per heavy atom. The number of anilines is 1. The standard InChI is InChI=1S/C19H19N3O4S/c1-14-17(19(23)26-2)9-6-10-18(14)27(24,25)21-16-11-20-22(13-16)12-15-7-4-3-5-8-15/h3-11,13,21H,12H2,1-2H3. The molecule has 0 fully saturated rings. The summed E-state index contributed by atoms with van der Waals surface area (Å²) in [4.78, 5) is 11.8. The molecule has 0 aliphatic carbocycles. The van der Waals surface area contributed by atoms with E-state index >= 15 is 0 Å². The monoisotopic (exact) mass is 385 g/mol. The van der Waals surface area contributed by atoms with Gasteiger partial charge in [-0.1, -0.05) is 36.4 Å². The van der Waals surface area contributed by atoms with Crippen molar-refractivity contribution in [1.29, 1.82) is 0 Å². The highest BCUT2D eigenvalue weighted by Crippen LogP contribution is 2.22. The Hall–Kier alpha value is -3.13. The van der Waals surface area contributed by atoms with Crippen LogP contribution in [-0.2, 0) is 21.3 Å². The molecule has 1 heterocycles. The summed E-state index contributed by atoms with van der Waals surface area (Å²) in [6.45, 7) is 2.10. The average Bonchev–Trinajstić information content (AvgIpc) is 3.08. The van der Waals surface area contributed by atoms with Crippen molar-refractivity contribution in [1.82, 2.24) is 9.78 Å². The first-order valence-electron chi connectivity index (χ1n) is 8.18. The van der Waals surface area contributed by atoms with E-state index in [1.165, 1.54) is 31.5 Å². The second-order valence-electron chi connectivity index (χ2n) is 5.94. The smallest absolute Gasteiger partial charge is 0.338 e. The van der Waals surface area contributed by atoms with E-state index in [-0.39, 0.29) is 10.5 Å². The molecule has 27 heavy (non-hydrogen) atoms. The van der Waals surface area contributed by atoms with Crippen LogP contribution in [0.25, 0.3) is 0 Å². The normalized spacial score (nSPS) is 11.2. The third-order valence-corrected chi connectivity index (χ3v) is 5.58. The fraction of sp³-hybridized carbons (Fsp3) is 0.158. The van der Waals surface area contributed by atoms with Crippen molar-refractivity contribution >= 4 is 21.7 Å². The molecule has 2 aromatic carbocycles. The van der Waals surface area contributed by atoms with Gasteiger partial charge in [-0.05, 0) is 30.2 Å². The summed E-state index contributed by atoms with van der Waals surface area (Å²) in [5.74, 6) is -0.583. The van der Waals surface area contributed by atoms with Crippen LogP contribution in [0.1, 0.15) is 21.5 Å². The zero-order valence-electron chi connectivity index (χ0n) is 14.9. The van der Waals surface area contributed by atoms with Gasteiger partial charge >= 0.3 is 5.97 Å². The Kier molecular flexibility index (Phi) is 5.27. The van der Waals surface area contributed by atoms with Gasteiger partial charge in [0.2, 0.25) is 0 Å². The first-order chi connectivity index (χ1) is 12.9. The van der Waals surface area contributed by atoms with Crippen LogP contribution < -0.4 is 4.72 Å². The number of benzene rings is 2. The summed E-state index contributed by atoms with van der Waals surface area (Å²) in [5.41, 5.74) is 1.93. The minimum atomic E-state index is -3.88. The molecule has 1 aromatic heterocycles. The molecule has 7 nitrogen and oxygen atoms in total. The van der Waals surface area contributed by atoms with Gasteiger partial charge in [-0.25, -0.2) is 13.2 Å². The van der Waals surface area contributed by atoms with Crippen LogP contribution in [0.4, 0.5) is 5.69 Å². The van der Waals surface area contributed by atoms with Gasteiger partial charge in [-0.2, -0.15) is 5.10 Å². The van der Waals surface area contributed by atoms with Crippen LogP contribution in [0.5, 0.6) is 0 Å². The molecule has 0 unspecified atom stereocenters. The number of esters is 1. The van der Waals surface area contributed by atoms with Crippen LogP contribution >= 0.6 is 0 Å². The second-order valence-corrected chi connectivity index (χ2v) is 7.59. The Morgan fingerprint density at radius 3 is 2.59 bits per heavy atom. The van der Waals surface area contributed by atoms with Crippen molar-refractivity contribution in [2.24, 2.45) is 0 Å². The van der Waals surface area contributed by atoms with Crippen LogP contribution in [0, 0.1) is 6.92 Å². The highest BCUT2D eigenvalue weighted by atomic mass is 32.2. The molecular weight excluding hydrogens is 366 g/mol. The van der Waals surface area contributed by atoms with Gasteiger partial charge in [-0.15, -0.1) is 0 Å². The molecule has 3 rings (SSSR count). The Labute approximate surface area is 157 Å². The molecule has 0 saturated carbocycles. The van der Waals surface area contributed by atoms with Gasteiger partial charge in [0, 0.05) is 6.20 Å². The van der Waals surface area contributed by atoms with Crippen molar-refractivity contribution in [3.63, 3.8) is 0 Å². The molecule has 8 heteroatoms. The van der Waals surface area contributed by atoms with Crippen LogP contribution in [-0.4, -0.2) is 31.3 Å². The minimum absolute atomic E-state index is 0.0150. The largest absolute Gasteiger partial charge is 0.465 e. The quantitative estimate of drug-likeness (QED) is 0.659. The fourth-order valence-electron chi connectivity index (χ4n) is 2.72. The summed E-state index contributed by atoms with van der Waals surface area (Å²) in [6.07, 6.45) is 3.06. The zero-order chi connectivity index (χ0) is 19.4. The number of carbonyl (C=O) groups excluding carboxylic acids is 1. The molecule has 0 aliphatic rings. The Morgan fingerprint density at radius 1 is 1.15 bits per heavy atom. The lowest BCUT2D eigenvalue weighted by molar-refractivity contribution is 0.0599. The van der Waals surface area contributed by atoms with E-state index < -0.39 is 16.0 Å². The van der Waals surface area contributed by atoms with E-state index in [1.54, 1.807) is 17.8 Å². The lowest BCUT2D eigenvalue weighted by Crippen LogP contribution is -2.16. The van der Waals surface area contributed by atoms with Gasteiger partial charge in [0.25, 0.3) is 10.0 Å². The van der Waals surface area contributed by atoms with E-state index in [0.717, 1.165) is 5.56 Å². The molecule has 0 spiro atoms. The predicted molar refractivity (Wildman–Crippen MR) is 101 cm³/mol. The lowest BCUT2D eigenvalue weighted by atomic mass is 10.1. The number of ether oxygens (including phenoxy) is 1. The molecular formula is C19H19N3O4S. The van der Waals surface area contributed by atoms with Crippen LogP contribution in [0.2, 0.25) is 0 Å². The molecule has 0 saturated heterocycles. The summed E-state index contributed by atoms with van der Waals surface area (Å²) >= 11 is 0. The first-order valence-corrected chi connectivity index (χ1v) is 9.66. The van der Waals surface area contributed by atoms with E-state index in [2.05, 4.69) is 9.82 Å². The number of hydrogen-bond donors (Lipinski definition) is 1. The summed E-state index contributed by atoms with van der Waals surface area (Å²) in [5, 5.41) is 4.19. The number of carbonyl (C=O) groups is 1. The maximum Gasteiger partial charge on any atom is 0.338 e. The van der Waals surface area contributed by atoms with Crippen molar-refractivity contribution in [3.05, 3.63) is 77.6 Å². The van der Waals surface area contributed by atoms with Gasteiger partial charge < -0.3 is 4.74 Å². The molecule has 0 bridgehead atoms. The second kappa shape index (κ2) is 7.63. The molecule has 0 aliphatic heterocycles. The number of hydrogen-bond acceptors (Lipinski definition) is 5. The third kappa shape index (κ3) is 4.17. The number of sulfonamides is 1. The molecule has 0 radical (unpaired) electrons. The number of rotatable bonds is 6. The summed E-state index contributed by atoms with van der Waals surface area (Å²) in [7, 11) is -2.63. The molecule has 140 valence electrons. The highest BCUT2D eigenvalue weighted by molar-refractivity contribution is 7.92. The van der Waals surface area contributed by atoms with Crippen molar-refractivity contribution in [3.8, 4) is 0 Å². The minimum Gasteiger partial charge on any atom is -0.465 e. The van der Waals surface area contributed by atoms with Gasteiger partial charge in [0.05, 0.1) is 36.0 Å². The zero-order valence-corrected chi connectivity index (χ0v) is 15.7. The van der Waals surface area contributed by atoms with Crippen LogP contribution in [0.15, 0.2) is 65.8 Å². The highest BCUT2D eigenvalue weighted by Gasteiger charge is 2.21. The van der Waals surface area contributed by atoms with E-state index in [0.29, 0.717) is 17.8 Å². The number of nitrogens with zero attached hydrogens (tertiary/aromatic N) is 2. The van der Waals surface area contributed by atoms with Crippen molar-refractivity contribution in [2.45, 2.75) is 18.4 Å². The predicted octanol–water partition coefficient (Wildman–Crippen LogP) is 2.83. The van der Waals surface area contributed by atoms with Gasteiger partial charge in [0.15, 0.2) is 0 Å². The van der Waals surface area contributed by atoms with Crippen LogP contribution in [0.3, 0.4) is 0 Å². The SMILES string of the molecule is COC(=O)c1cccc(S(=O)(=O)Nc2cnn(Cc3ccccc3)c2)c1C. The van der Waals surface area contributed by atoms with E-state index in [4.69, 9.17) is 4.74 Å². The maximum absolute atomic E-state index is 12.8. The number of nitrogens with one attached hydrogen (secondary N) is 1. The van der Waals surface area contributed by atoms with Gasteiger partial charge in [0.1, 0.15) is 0 Å². The summed E-state index contributed by atoms with van der Waals surface area (Å²) < 4.78 is 34.3. The topological polar surface area (TPSA) is 90.3 Å². The fourth-order valence-corrected chi connectivity index (χ4v) is 4.02. The average molecular weight is 385 g/mol. The number of methoxy groups -OCH3 is 1. The van der Waals surface area contributed by atoms with Crippen molar-refractivity contribution in [2.75, 3.05) is 11.8 Å². The molecule has 1 N–H and O–H groups in total. The van der Waals surface area contributed by atoms with Gasteiger partial charge in [-0.3, -0.25) is 9.40 Å². The summed E-state index contributed by atoms with van der Waals surface area (Å²) in [6, 6.07) is 14.2. The van der Waals surface area contributed by atoms with E-state index in [9.17, 15) is 13.2 Å².